The van der Waals surface area contributed by atoms with Gasteiger partial charge >= 0.3 is 0 Å². The number of anilines is 2. The van der Waals surface area contributed by atoms with Crippen molar-refractivity contribution in [2.45, 2.75) is 6.92 Å². The highest BCUT2D eigenvalue weighted by Crippen LogP contribution is 2.27. The largest absolute Gasteiger partial charge is 0.372 e. The lowest BCUT2D eigenvalue weighted by atomic mass is 10.1. The summed E-state index contributed by atoms with van der Waals surface area (Å²) in [5.41, 5.74) is 3.22. The summed E-state index contributed by atoms with van der Waals surface area (Å²) in [6.45, 7) is 7.15. The third-order valence-electron chi connectivity index (χ3n) is 5.37. The molecule has 3 rings (SSSR count). The summed E-state index contributed by atoms with van der Waals surface area (Å²) in [6, 6.07) is 13.1. The van der Waals surface area contributed by atoms with Crippen LogP contribution in [0.25, 0.3) is 0 Å². The van der Waals surface area contributed by atoms with Crippen LogP contribution >= 0.6 is 0 Å². The van der Waals surface area contributed by atoms with E-state index in [1.54, 1.807) is 31.1 Å². The van der Waals surface area contributed by atoms with Crippen molar-refractivity contribution in [3.63, 3.8) is 0 Å². The first kappa shape index (κ1) is 21.6. The van der Waals surface area contributed by atoms with E-state index < -0.39 is 4.92 Å². The number of carbonyl (C=O) groups is 1. The molecule has 1 amide bonds. The van der Waals surface area contributed by atoms with Crippen LogP contribution in [0.4, 0.5) is 17.1 Å². The molecule has 1 heterocycles. The second kappa shape index (κ2) is 9.58. The maximum absolute atomic E-state index is 12.4. The molecular weight excluding hydrogens is 382 g/mol. The van der Waals surface area contributed by atoms with E-state index in [2.05, 4.69) is 46.3 Å². The number of nitrogens with zero attached hydrogens (tertiary/aromatic N) is 4. The molecule has 0 atom stereocenters. The zero-order chi connectivity index (χ0) is 21.7. The molecule has 30 heavy (non-hydrogen) atoms. The third-order valence-corrected chi connectivity index (χ3v) is 5.37. The number of aryl methyl sites for hydroxylation is 1. The van der Waals surface area contributed by atoms with Crippen LogP contribution in [-0.2, 0) is 0 Å². The highest BCUT2D eigenvalue weighted by molar-refractivity contribution is 5.95. The SMILES string of the molecule is Cc1cccc(N2CCN(CCNC(=O)c3ccc(N(C)C)c([N+](=O)[O-])c3)CC2)c1. The van der Waals surface area contributed by atoms with Crippen LogP contribution in [0.1, 0.15) is 15.9 Å². The molecule has 0 spiro atoms. The smallest absolute Gasteiger partial charge is 0.293 e. The number of nitro benzene ring substituents is 1. The van der Waals surface area contributed by atoms with Crippen LogP contribution in [0.3, 0.4) is 0 Å². The summed E-state index contributed by atoms with van der Waals surface area (Å²) in [4.78, 5) is 29.7. The number of carbonyl (C=O) groups excluding carboxylic acids is 1. The van der Waals surface area contributed by atoms with Gasteiger partial charge in [-0.15, -0.1) is 0 Å². The highest BCUT2D eigenvalue weighted by Gasteiger charge is 2.20. The predicted octanol–water partition coefficient (Wildman–Crippen LogP) is 2.52. The maximum Gasteiger partial charge on any atom is 0.293 e. The number of hydrogen-bond acceptors (Lipinski definition) is 6. The van der Waals surface area contributed by atoms with Gasteiger partial charge in [-0.2, -0.15) is 0 Å². The van der Waals surface area contributed by atoms with Crippen molar-refractivity contribution in [1.29, 1.82) is 0 Å². The van der Waals surface area contributed by atoms with E-state index in [1.165, 1.54) is 17.3 Å². The number of rotatable bonds is 7. The molecule has 2 aromatic rings. The van der Waals surface area contributed by atoms with Gasteiger partial charge in [0.1, 0.15) is 5.69 Å². The van der Waals surface area contributed by atoms with Crippen molar-refractivity contribution in [3.05, 3.63) is 63.7 Å². The lowest BCUT2D eigenvalue weighted by Gasteiger charge is -2.36. The lowest BCUT2D eigenvalue weighted by Crippen LogP contribution is -2.48. The van der Waals surface area contributed by atoms with Crippen LogP contribution in [0.15, 0.2) is 42.5 Å². The Morgan fingerprint density at radius 1 is 1.13 bits per heavy atom. The molecule has 0 saturated carbocycles. The van der Waals surface area contributed by atoms with Gasteiger partial charge in [-0.25, -0.2) is 0 Å². The number of nitrogens with one attached hydrogen (secondary N) is 1. The van der Waals surface area contributed by atoms with Gasteiger partial charge in [-0.3, -0.25) is 19.8 Å². The molecule has 1 fully saturated rings. The first-order chi connectivity index (χ1) is 14.3. The fourth-order valence-corrected chi connectivity index (χ4v) is 3.67. The standard InChI is InChI=1S/C22H29N5O3/c1-17-5-4-6-19(15-17)26-13-11-25(12-14-26)10-9-23-22(28)18-7-8-20(24(2)3)21(16-18)27(29)30/h4-8,15-16H,9-14H2,1-3H3,(H,23,28). The minimum Gasteiger partial charge on any atom is -0.372 e. The van der Waals surface area contributed by atoms with Crippen LogP contribution < -0.4 is 15.1 Å². The minimum atomic E-state index is -0.459. The quantitative estimate of drug-likeness (QED) is 0.557. The molecule has 1 aliphatic heterocycles. The summed E-state index contributed by atoms with van der Waals surface area (Å²) in [6.07, 6.45) is 0. The maximum atomic E-state index is 12.4. The molecule has 8 nitrogen and oxygen atoms in total. The highest BCUT2D eigenvalue weighted by atomic mass is 16.6. The van der Waals surface area contributed by atoms with E-state index in [4.69, 9.17) is 0 Å². The Labute approximate surface area is 177 Å². The second-order valence-corrected chi connectivity index (χ2v) is 7.78. The number of nitro groups is 1. The van der Waals surface area contributed by atoms with Gasteiger partial charge in [0, 0.05) is 70.7 Å². The van der Waals surface area contributed by atoms with Crippen LogP contribution in [0, 0.1) is 17.0 Å². The van der Waals surface area contributed by atoms with Crippen LogP contribution in [0.5, 0.6) is 0 Å². The Morgan fingerprint density at radius 3 is 2.50 bits per heavy atom. The molecule has 1 saturated heterocycles. The molecular formula is C22H29N5O3. The van der Waals surface area contributed by atoms with Crippen molar-refractivity contribution in [1.82, 2.24) is 10.2 Å². The molecule has 0 unspecified atom stereocenters. The second-order valence-electron chi connectivity index (χ2n) is 7.78. The number of piperazine rings is 1. The molecule has 1 N–H and O–H groups in total. The Morgan fingerprint density at radius 2 is 1.87 bits per heavy atom. The average Bonchev–Trinajstić information content (AvgIpc) is 2.73. The van der Waals surface area contributed by atoms with Gasteiger partial charge < -0.3 is 15.1 Å². The first-order valence-corrected chi connectivity index (χ1v) is 10.1. The number of amides is 1. The zero-order valence-corrected chi connectivity index (χ0v) is 17.8. The third kappa shape index (κ3) is 5.27. The average molecular weight is 412 g/mol. The lowest BCUT2D eigenvalue weighted by molar-refractivity contribution is -0.384. The van der Waals surface area contributed by atoms with Gasteiger partial charge in [0.05, 0.1) is 4.92 Å². The van der Waals surface area contributed by atoms with Crippen molar-refractivity contribution in [3.8, 4) is 0 Å². The Bertz CT molecular complexity index is 907. The molecule has 0 radical (unpaired) electrons. The molecule has 8 heteroatoms. The Kier molecular flexibility index (Phi) is 6.89. The molecule has 2 aromatic carbocycles. The van der Waals surface area contributed by atoms with Crippen LogP contribution in [0.2, 0.25) is 0 Å². The first-order valence-electron chi connectivity index (χ1n) is 10.1. The summed E-state index contributed by atoms with van der Waals surface area (Å²) >= 11 is 0. The van der Waals surface area contributed by atoms with E-state index in [9.17, 15) is 14.9 Å². The minimum absolute atomic E-state index is 0.0695. The molecule has 1 aliphatic rings. The summed E-state index contributed by atoms with van der Waals surface area (Å²) in [5.74, 6) is -0.290. The summed E-state index contributed by atoms with van der Waals surface area (Å²) < 4.78 is 0. The summed E-state index contributed by atoms with van der Waals surface area (Å²) in [5, 5.41) is 14.2. The molecule has 160 valence electrons. The number of benzene rings is 2. The monoisotopic (exact) mass is 411 g/mol. The normalized spacial score (nSPS) is 14.4. The Balaban J connectivity index is 1.48. The van der Waals surface area contributed by atoms with Crippen molar-refractivity contribution >= 4 is 23.0 Å². The summed E-state index contributed by atoms with van der Waals surface area (Å²) in [7, 11) is 3.47. The van der Waals surface area contributed by atoms with Gasteiger partial charge in [0.25, 0.3) is 11.6 Å². The van der Waals surface area contributed by atoms with E-state index in [0.29, 0.717) is 17.8 Å². The number of hydrogen-bond donors (Lipinski definition) is 1. The van der Waals surface area contributed by atoms with Crippen molar-refractivity contribution < 1.29 is 9.72 Å². The van der Waals surface area contributed by atoms with E-state index in [1.807, 2.05) is 0 Å². The van der Waals surface area contributed by atoms with Crippen molar-refractivity contribution in [2.75, 3.05) is 63.2 Å². The predicted molar refractivity (Wildman–Crippen MR) is 120 cm³/mol. The van der Waals surface area contributed by atoms with E-state index >= 15 is 0 Å². The molecule has 0 aromatic heterocycles. The van der Waals surface area contributed by atoms with Gasteiger partial charge in [0.15, 0.2) is 0 Å². The van der Waals surface area contributed by atoms with Crippen LogP contribution in [-0.4, -0.2) is 69.1 Å². The molecule has 0 bridgehead atoms. The molecule has 0 aliphatic carbocycles. The van der Waals surface area contributed by atoms with Gasteiger partial charge in [-0.1, -0.05) is 12.1 Å². The van der Waals surface area contributed by atoms with Crippen molar-refractivity contribution in [2.24, 2.45) is 0 Å². The topological polar surface area (TPSA) is 82.0 Å². The fraction of sp³-hybridized carbons (Fsp3) is 0.409. The fourth-order valence-electron chi connectivity index (χ4n) is 3.67. The van der Waals surface area contributed by atoms with E-state index in [-0.39, 0.29) is 11.6 Å². The van der Waals surface area contributed by atoms with Gasteiger partial charge in [0.2, 0.25) is 0 Å². The van der Waals surface area contributed by atoms with Gasteiger partial charge in [-0.05, 0) is 36.8 Å². The van der Waals surface area contributed by atoms with E-state index in [0.717, 1.165) is 32.7 Å². The zero-order valence-electron chi connectivity index (χ0n) is 17.8. The Hall–Kier alpha value is -3.13.